The van der Waals surface area contributed by atoms with E-state index in [-0.39, 0.29) is 5.54 Å². The quantitative estimate of drug-likeness (QED) is 0.488. The van der Waals surface area contributed by atoms with E-state index in [9.17, 15) is 0 Å². The Morgan fingerprint density at radius 1 is 1.13 bits per heavy atom. The second-order valence-corrected chi connectivity index (χ2v) is 4.30. The van der Waals surface area contributed by atoms with Crippen molar-refractivity contribution in [3.63, 3.8) is 0 Å². The fraction of sp³-hybridized carbons (Fsp3) is 0.909. The van der Waals surface area contributed by atoms with Crippen LogP contribution in [-0.4, -0.2) is 51.8 Å². The van der Waals surface area contributed by atoms with Gasteiger partial charge < -0.3 is 14.8 Å². The monoisotopic (exact) mass is 216 g/mol. The van der Waals surface area contributed by atoms with Crippen LogP contribution in [0, 0.1) is 0 Å². The average molecular weight is 216 g/mol. The van der Waals surface area contributed by atoms with E-state index in [0.717, 1.165) is 13.2 Å². The molecule has 0 heterocycles. The molecule has 4 heteroatoms. The average Bonchev–Trinajstić information content (AvgIpc) is 2.14. The Morgan fingerprint density at radius 3 is 2.40 bits per heavy atom. The van der Waals surface area contributed by atoms with Crippen molar-refractivity contribution in [2.45, 2.75) is 26.3 Å². The normalized spacial score (nSPS) is 12.5. The van der Waals surface area contributed by atoms with Crippen molar-refractivity contribution in [3.8, 4) is 0 Å². The van der Waals surface area contributed by atoms with E-state index in [1.807, 2.05) is 0 Å². The van der Waals surface area contributed by atoms with Crippen molar-refractivity contribution in [3.05, 3.63) is 0 Å². The summed E-state index contributed by atoms with van der Waals surface area (Å²) >= 11 is 0. The Bertz CT molecular complexity index is 164. The number of nitrogens with zero attached hydrogens (tertiary/aromatic N) is 1. The summed E-state index contributed by atoms with van der Waals surface area (Å²) in [5.41, 5.74) is 0.164. The molecule has 0 saturated carbocycles. The van der Waals surface area contributed by atoms with Gasteiger partial charge in [0.25, 0.3) is 0 Å². The first-order valence-corrected chi connectivity index (χ1v) is 5.37. The topological polar surface area (TPSA) is 42.9 Å². The van der Waals surface area contributed by atoms with Crippen LogP contribution in [-0.2, 0) is 9.47 Å². The molecule has 90 valence electrons. The van der Waals surface area contributed by atoms with E-state index in [1.54, 1.807) is 13.3 Å². The third-order valence-electron chi connectivity index (χ3n) is 1.65. The maximum Gasteiger partial charge on any atom is 0.0815 e. The van der Waals surface area contributed by atoms with Gasteiger partial charge in [0, 0.05) is 25.3 Å². The molecule has 0 atom stereocenters. The lowest BCUT2D eigenvalue weighted by atomic mass is 10.1. The Kier molecular flexibility index (Phi) is 8.56. The second-order valence-electron chi connectivity index (χ2n) is 4.30. The smallest absolute Gasteiger partial charge is 0.0815 e. The predicted octanol–water partition coefficient (Wildman–Crippen LogP) is 1.11. The zero-order valence-corrected chi connectivity index (χ0v) is 10.4. The summed E-state index contributed by atoms with van der Waals surface area (Å²) in [6.07, 6.45) is 1.74. The SMILES string of the molecule is C/N=C/COCCOCCNC(C)(C)C. The highest BCUT2D eigenvalue weighted by molar-refractivity contribution is 5.58. The zero-order valence-electron chi connectivity index (χ0n) is 10.4. The highest BCUT2D eigenvalue weighted by Crippen LogP contribution is 1.96. The van der Waals surface area contributed by atoms with Crippen molar-refractivity contribution in [2.24, 2.45) is 4.99 Å². The molecule has 0 fully saturated rings. The highest BCUT2D eigenvalue weighted by atomic mass is 16.5. The molecule has 0 bridgehead atoms. The van der Waals surface area contributed by atoms with Crippen molar-refractivity contribution in [1.82, 2.24) is 5.32 Å². The van der Waals surface area contributed by atoms with Crippen LogP contribution in [0.25, 0.3) is 0 Å². The summed E-state index contributed by atoms with van der Waals surface area (Å²) in [5, 5.41) is 3.35. The largest absolute Gasteiger partial charge is 0.378 e. The molecule has 0 rings (SSSR count). The molecule has 0 aromatic heterocycles. The zero-order chi connectivity index (χ0) is 11.6. The van der Waals surface area contributed by atoms with Crippen LogP contribution in [0.1, 0.15) is 20.8 Å². The number of nitrogens with one attached hydrogen (secondary N) is 1. The summed E-state index contributed by atoms with van der Waals surface area (Å²) in [5.74, 6) is 0. The van der Waals surface area contributed by atoms with Gasteiger partial charge in [-0.25, -0.2) is 0 Å². The van der Waals surface area contributed by atoms with E-state index in [4.69, 9.17) is 9.47 Å². The minimum atomic E-state index is 0.164. The lowest BCUT2D eigenvalue weighted by Crippen LogP contribution is -2.38. The van der Waals surface area contributed by atoms with Crippen LogP contribution >= 0.6 is 0 Å². The number of rotatable bonds is 8. The fourth-order valence-corrected chi connectivity index (χ4v) is 0.929. The molecule has 0 unspecified atom stereocenters. The summed E-state index contributed by atoms with van der Waals surface area (Å²) in [4.78, 5) is 3.81. The molecule has 0 aliphatic heterocycles. The number of hydrogen-bond acceptors (Lipinski definition) is 4. The van der Waals surface area contributed by atoms with Crippen LogP contribution in [0.15, 0.2) is 4.99 Å². The molecule has 0 amide bonds. The molecular formula is C11H24N2O2. The molecule has 0 aromatic carbocycles. The Balaban J connectivity index is 3.05. The molecule has 0 aliphatic carbocycles. The second kappa shape index (κ2) is 8.83. The van der Waals surface area contributed by atoms with Gasteiger partial charge in [0.05, 0.1) is 26.4 Å². The van der Waals surface area contributed by atoms with E-state index in [2.05, 4.69) is 31.1 Å². The molecule has 4 nitrogen and oxygen atoms in total. The van der Waals surface area contributed by atoms with Crippen LogP contribution in [0.2, 0.25) is 0 Å². The number of hydrogen-bond donors (Lipinski definition) is 1. The minimum absolute atomic E-state index is 0.164. The molecule has 0 radical (unpaired) electrons. The first kappa shape index (κ1) is 14.6. The van der Waals surface area contributed by atoms with Crippen LogP contribution < -0.4 is 5.32 Å². The van der Waals surface area contributed by atoms with Crippen molar-refractivity contribution in [2.75, 3.05) is 40.0 Å². The molecule has 0 aliphatic rings. The van der Waals surface area contributed by atoms with Crippen molar-refractivity contribution < 1.29 is 9.47 Å². The Hall–Kier alpha value is -0.450. The lowest BCUT2D eigenvalue weighted by Gasteiger charge is -2.20. The molecule has 0 aromatic rings. The number of aliphatic imine (C=N–C) groups is 1. The minimum Gasteiger partial charge on any atom is -0.378 e. The van der Waals surface area contributed by atoms with Gasteiger partial charge >= 0.3 is 0 Å². The van der Waals surface area contributed by atoms with E-state index in [1.165, 1.54) is 0 Å². The highest BCUT2D eigenvalue weighted by Gasteiger charge is 2.06. The van der Waals surface area contributed by atoms with Crippen molar-refractivity contribution in [1.29, 1.82) is 0 Å². The van der Waals surface area contributed by atoms with Gasteiger partial charge in [0.15, 0.2) is 0 Å². The van der Waals surface area contributed by atoms with Crippen LogP contribution in [0.4, 0.5) is 0 Å². The summed E-state index contributed by atoms with van der Waals surface area (Å²) < 4.78 is 10.6. The van der Waals surface area contributed by atoms with E-state index in [0.29, 0.717) is 19.8 Å². The van der Waals surface area contributed by atoms with Crippen LogP contribution in [0.3, 0.4) is 0 Å². The Labute approximate surface area is 93.1 Å². The molecular weight excluding hydrogens is 192 g/mol. The molecule has 1 N–H and O–H groups in total. The first-order chi connectivity index (χ1) is 7.06. The molecule has 0 saturated heterocycles. The maximum absolute atomic E-state index is 5.38. The molecule has 15 heavy (non-hydrogen) atoms. The standard InChI is InChI=1S/C11H24N2O2/c1-11(2,3)13-6-8-15-10-9-14-7-5-12-4/h5,13H,6-10H2,1-4H3/b12-5+. The first-order valence-electron chi connectivity index (χ1n) is 5.37. The van der Waals surface area contributed by atoms with Gasteiger partial charge in [-0.15, -0.1) is 0 Å². The van der Waals surface area contributed by atoms with Gasteiger partial charge in [0.2, 0.25) is 0 Å². The van der Waals surface area contributed by atoms with Gasteiger partial charge in [-0.3, -0.25) is 4.99 Å². The summed E-state index contributed by atoms with van der Waals surface area (Å²) in [6.45, 7) is 9.86. The van der Waals surface area contributed by atoms with Gasteiger partial charge in [-0.1, -0.05) is 0 Å². The molecule has 0 spiro atoms. The predicted molar refractivity (Wildman–Crippen MR) is 63.8 cm³/mol. The third kappa shape index (κ3) is 13.6. The van der Waals surface area contributed by atoms with Gasteiger partial charge in [-0.05, 0) is 20.8 Å². The Morgan fingerprint density at radius 2 is 1.80 bits per heavy atom. The fourth-order valence-electron chi connectivity index (χ4n) is 0.929. The third-order valence-corrected chi connectivity index (χ3v) is 1.65. The van der Waals surface area contributed by atoms with E-state index < -0.39 is 0 Å². The maximum atomic E-state index is 5.38. The summed E-state index contributed by atoms with van der Waals surface area (Å²) in [6, 6.07) is 0. The van der Waals surface area contributed by atoms with E-state index >= 15 is 0 Å². The summed E-state index contributed by atoms with van der Waals surface area (Å²) in [7, 11) is 1.73. The van der Waals surface area contributed by atoms with Gasteiger partial charge in [-0.2, -0.15) is 0 Å². The van der Waals surface area contributed by atoms with Gasteiger partial charge in [0.1, 0.15) is 0 Å². The van der Waals surface area contributed by atoms with Crippen molar-refractivity contribution >= 4 is 6.21 Å². The number of ether oxygens (including phenoxy) is 2. The van der Waals surface area contributed by atoms with Crippen LogP contribution in [0.5, 0.6) is 0 Å². The lowest BCUT2D eigenvalue weighted by molar-refractivity contribution is 0.0620.